The Morgan fingerprint density at radius 2 is 1.94 bits per heavy atom. The maximum absolute atomic E-state index is 11.5. The molecule has 2 atom stereocenters. The van der Waals surface area contributed by atoms with E-state index in [4.69, 9.17) is 4.84 Å². The predicted octanol–water partition coefficient (Wildman–Crippen LogP) is 0.834. The molecule has 0 bridgehead atoms. The first-order valence-corrected chi connectivity index (χ1v) is 6.97. The number of rotatable bonds is 1. The van der Waals surface area contributed by atoms with Crippen LogP contribution in [-0.4, -0.2) is 31.7 Å². The number of sulfone groups is 1. The molecule has 0 amide bonds. The quantitative estimate of drug-likeness (QED) is 0.727. The maximum Gasteiger partial charge on any atom is 0.154 e. The number of fused-ring (bicyclic) bond motifs is 1. The molecule has 2 unspecified atom stereocenters. The molecule has 0 N–H and O–H groups in total. The maximum atomic E-state index is 11.5. The minimum atomic E-state index is -2.95. The molecule has 2 aliphatic heterocycles. The van der Waals surface area contributed by atoms with E-state index < -0.39 is 9.84 Å². The van der Waals surface area contributed by atoms with Gasteiger partial charge in [-0.3, -0.25) is 0 Å². The highest BCUT2D eigenvalue weighted by atomic mass is 32.2. The van der Waals surface area contributed by atoms with Gasteiger partial charge in [-0.1, -0.05) is 35.5 Å². The Labute approximate surface area is 93.8 Å². The van der Waals surface area contributed by atoms with Crippen LogP contribution in [0.4, 0.5) is 0 Å². The van der Waals surface area contributed by atoms with Crippen molar-refractivity contribution in [1.82, 2.24) is 0 Å². The molecule has 2 aliphatic rings. The molecule has 4 nitrogen and oxygen atoms in total. The molecule has 0 aliphatic carbocycles. The lowest BCUT2D eigenvalue weighted by Gasteiger charge is -2.06. The summed E-state index contributed by atoms with van der Waals surface area (Å²) in [5.74, 6) is 0.163. The Kier molecular flexibility index (Phi) is 2.04. The summed E-state index contributed by atoms with van der Waals surface area (Å²) < 4.78 is 23.0. The van der Waals surface area contributed by atoms with Gasteiger partial charge in [0.25, 0.3) is 0 Å². The Morgan fingerprint density at radius 1 is 1.19 bits per heavy atom. The zero-order chi connectivity index (χ0) is 11.2. The van der Waals surface area contributed by atoms with Crippen LogP contribution in [0.15, 0.2) is 35.5 Å². The third-order valence-corrected chi connectivity index (χ3v) is 4.71. The minimum Gasteiger partial charge on any atom is -0.390 e. The highest BCUT2D eigenvalue weighted by molar-refractivity contribution is 7.91. The minimum absolute atomic E-state index is 0.0904. The summed E-state index contributed by atoms with van der Waals surface area (Å²) in [6.07, 6.45) is -0.278. The number of nitrogens with zero attached hydrogens (tertiary/aromatic N) is 1. The van der Waals surface area contributed by atoms with E-state index in [0.29, 0.717) is 0 Å². The molecule has 16 heavy (non-hydrogen) atoms. The van der Waals surface area contributed by atoms with Crippen LogP contribution in [0.2, 0.25) is 0 Å². The largest absolute Gasteiger partial charge is 0.390 e. The molecular weight excluding hydrogens is 226 g/mol. The van der Waals surface area contributed by atoms with E-state index in [9.17, 15) is 8.42 Å². The van der Waals surface area contributed by atoms with Crippen molar-refractivity contribution in [2.45, 2.75) is 6.10 Å². The van der Waals surface area contributed by atoms with Gasteiger partial charge in [0.15, 0.2) is 15.9 Å². The van der Waals surface area contributed by atoms with Gasteiger partial charge in [-0.25, -0.2) is 8.42 Å². The summed E-state index contributed by atoms with van der Waals surface area (Å²) in [6, 6.07) is 9.59. The Hall–Kier alpha value is -1.36. The van der Waals surface area contributed by atoms with E-state index in [-0.39, 0.29) is 23.5 Å². The zero-order valence-corrected chi connectivity index (χ0v) is 9.35. The molecule has 1 fully saturated rings. The number of oxime groups is 1. The first-order chi connectivity index (χ1) is 7.66. The van der Waals surface area contributed by atoms with Crippen molar-refractivity contribution in [2.75, 3.05) is 11.5 Å². The molecule has 5 heteroatoms. The molecule has 1 saturated heterocycles. The molecule has 0 aromatic heterocycles. The van der Waals surface area contributed by atoms with Crippen LogP contribution in [0.1, 0.15) is 5.56 Å². The van der Waals surface area contributed by atoms with Crippen LogP contribution < -0.4 is 0 Å². The van der Waals surface area contributed by atoms with E-state index >= 15 is 0 Å². The average Bonchev–Trinajstić information content (AvgIpc) is 2.74. The molecule has 1 aromatic rings. The number of hydrogen-bond donors (Lipinski definition) is 0. The second-order valence-corrected chi connectivity index (χ2v) is 6.32. The van der Waals surface area contributed by atoms with Gasteiger partial charge in [-0.15, -0.1) is 0 Å². The Bertz CT molecular complexity index is 536. The predicted molar refractivity (Wildman–Crippen MR) is 60.0 cm³/mol. The van der Waals surface area contributed by atoms with E-state index in [2.05, 4.69) is 5.16 Å². The Morgan fingerprint density at radius 3 is 2.69 bits per heavy atom. The monoisotopic (exact) mass is 237 g/mol. The fourth-order valence-corrected chi connectivity index (χ4v) is 4.09. The van der Waals surface area contributed by atoms with E-state index in [1.807, 2.05) is 30.3 Å². The van der Waals surface area contributed by atoms with Gasteiger partial charge in [0, 0.05) is 0 Å². The van der Waals surface area contributed by atoms with Crippen LogP contribution in [-0.2, 0) is 14.7 Å². The van der Waals surface area contributed by atoms with Crippen LogP contribution in [0.3, 0.4) is 0 Å². The summed E-state index contributed by atoms with van der Waals surface area (Å²) in [4.78, 5) is 5.19. The van der Waals surface area contributed by atoms with Gasteiger partial charge in [-0.2, -0.15) is 0 Å². The molecular formula is C11H11NO3S. The van der Waals surface area contributed by atoms with Gasteiger partial charge >= 0.3 is 0 Å². The summed E-state index contributed by atoms with van der Waals surface area (Å²) >= 11 is 0. The normalized spacial score (nSPS) is 30.6. The second kappa shape index (κ2) is 3.31. The highest BCUT2D eigenvalue weighted by Gasteiger charge is 2.46. The molecule has 0 saturated carbocycles. The molecule has 3 rings (SSSR count). The standard InChI is InChI=1S/C11H11NO3S/c13-16(14)6-9-10(7-16)15-12-11(9)8-4-2-1-3-5-8/h1-5,9-10H,6-7H2. The molecule has 0 radical (unpaired) electrons. The second-order valence-electron chi connectivity index (χ2n) is 4.17. The van der Waals surface area contributed by atoms with Gasteiger partial charge in [0.2, 0.25) is 0 Å². The van der Waals surface area contributed by atoms with E-state index in [0.717, 1.165) is 11.3 Å². The van der Waals surface area contributed by atoms with Crippen LogP contribution in [0.5, 0.6) is 0 Å². The van der Waals surface area contributed by atoms with Crippen LogP contribution >= 0.6 is 0 Å². The topological polar surface area (TPSA) is 55.7 Å². The van der Waals surface area contributed by atoms with E-state index in [1.54, 1.807) is 0 Å². The first-order valence-electron chi connectivity index (χ1n) is 5.15. The van der Waals surface area contributed by atoms with Gasteiger partial charge in [0.05, 0.1) is 23.1 Å². The van der Waals surface area contributed by atoms with E-state index in [1.165, 1.54) is 0 Å². The van der Waals surface area contributed by atoms with Crippen molar-refractivity contribution in [3.8, 4) is 0 Å². The van der Waals surface area contributed by atoms with Crippen molar-refractivity contribution in [3.05, 3.63) is 35.9 Å². The van der Waals surface area contributed by atoms with Gasteiger partial charge in [0.1, 0.15) is 0 Å². The van der Waals surface area contributed by atoms with Crippen LogP contribution in [0, 0.1) is 5.92 Å². The fraction of sp³-hybridized carbons (Fsp3) is 0.364. The summed E-state index contributed by atoms with van der Waals surface area (Å²) in [5, 5.41) is 4.01. The van der Waals surface area contributed by atoms with Gasteiger partial charge in [-0.05, 0) is 5.56 Å². The summed E-state index contributed by atoms with van der Waals surface area (Å²) in [7, 11) is -2.95. The SMILES string of the molecule is O=S1(=O)CC2ON=C(c3ccccc3)C2C1. The summed E-state index contributed by atoms with van der Waals surface area (Å²) in [6.45, 7) is 0. The molecule has 2 heterocycles. The van der Waals surface area contributed by atoms with Crippen molar-refractivity contribution in [3.63, 3.8) is 0 Å². The van der Waals surface area contributed by atoms with Crippen molar-refractivity contribution in [1.29, 1.82) is 0 Å². The van der Waals surface area contributed by atoms with Crippen molar-refractivity contribution in [2.24, 2.45) is 11.1 Å². The lowest BCUT2D eigenvalue weighted by molar-refractivity contribution is 0.0882. The smallest absolute Gasteiger partial charge is 0.154 e. The first kappa shape index (κ1) is 9.84. The molecule has 1 aromatic carbocycles. The lowest BCUT2D eigenvalue weighted by atomic mass is 9.95. The lowest BCUT2D eigenvalue weighted by Crippen LogP contribution is -2.21. The zero-order valence-electron chi connectivity index (χ0n) is 8.54. The van der Waals surface area contributed by atoms with Crippen LogP contribution in [0.25, 0.3) is 0 Å². The molecule has 0 spiro atoms. The van der Waals surface area contributed by atoms with Crippen molar-refractivity contribution >= 4 is 15.5 Å². The van der Waals surface area contributed by atoms with Gasteiger partial charge < -0.3 is 4.84 Å². The fourth-order valence-electron chi connectivity index (χ4n) is 2.24. The number of benzene rings is 1. The highest BCUT2D eigenvalue weighted by Crippen LogP contribution is 2.31. The average molecular weight is 237 g/mol. The Balaban J connectivity index is 1.95. The third-order valence-electron chi connectivity index (χ3n) is 3.01. The van der Waals surface area contributed by atoms with Crippen molar-refractivity contribution < 1.29 is 13.3 Å². The summed E-state index contributed by atoms with van der Waals surface area (Å²) in [5.41, 5.74) is 1.72. The number of hydrogen-bond acceptors (Lipinski definition) is 4. The molecule has 84 valence electrons. The third kappa shape index (κ3) is 1.51.